The topological polar surface area (TPSA) is 30.0 Å². The molecule has 1 saturated heterocycles. The number of carbonyl (C=O) groups is 1. The third-order valence-corrected chi connectivity index (χ3v) is 6.27. The van der Waals surface area contributed by atoms with Crippen molar-refractivity contribution in [2.45, 2.75) is 38.5 Å². The molecule has 6 heteroatoms. The smallest absolute Gasteiger partial charge is 0.210 e. The standard InChI is InChI=1S/C26H38N4O.ClH/c1-21(2)29-15-16-30(20-31)26(19-29,24-11-7-22(8-12-24)17-27(3)4)25-13-9-23(10-14-25)18-28(5)6;/h7-14,20-21H,15-19H2,1-6H3;1H. The highest BCUT2D eigenvalue weighted by atomic mass is 35.5. The van der Waals surface area contributed by atoms with E-state index in [1.807, 2.05) is 4.90 Å². The van der Waals surface area contributed by atoms with Gasteiger partial charge in [0.1, 0.15) is 5.54 Å². The Hall–Kier alpha value is -1.92. The first kappa shape index (κ1) is 26.3. The van der Waals surface area contributed by atoms with Gasteiger partial charge in [0, 0.05) is 38.8 Å². The SMILES string of the molecule is CC(C)N1CCN(C=O)C(c2ccc(CN(C)C)cc2)(c2ccc(CN(C)C)cc2)C1.Cl. The Bertz CT molecular complexity index is 796. The van der Waals surface area contributed by atoms with Crippen LogP contribution >= 0.6 is 12.4 Å². The molecule has 0 spiro atoms. The number of rotatable bonds is 8. The molecular formula is C26H39ClN4O. The van der Waals surface area contributed by atoms with Crippen molar-refractivity contribution in [1.82, 2.24) is 19.6 Å². The van der Waals surface area contributed by atoms with Crippen molar-refractivity contribution in [3.8, 4) is 0 Å². The molecule has 1 amide bonds. The normalized spacial score (nSPS) is 16.5. The van der Waals surface area contributed by atoms with Gasteiger partial charge in [0.05, 0.1) is 0 Å². The van der Waals surface area contributed by atoms with Crippen molar-refractivity contribution >= 4 is 18.8 Å². The van der Waals surface area contributed by atoms with E-state index >= 15 is 0 Å². The quantitative estimate of drug-likeness (QED) is 0.565. The van der Waals surface area contributed by atoms with Crippen molar-refractivity contribution < 1.29 is 4.79 Å². The van der Waals surface area contributed by atoms with E-state index in [1.165, 1.54) is 22.3 Å². The van der Waals surface area contributed by atoms with Gasteiger partial charge < -0.3 is 14.7 Å². The molecule has 0 bridgehead atoms. The van der Waals surface area contributed by atoms with E-state index in [0.29, 0.717) is 6.04 Å². The van der Waals surface area contributed by atoms with Crippen LogP contribution in [0.2, 0.25) is 0 Å². The molecule has 1 aliphatic heterocycles. The molecule has 0 unspecified atom stereocenters. The van der Waals surface area contributed by atoms with Gasteiger partial charge in [-0.15, -0.1) is 12.4 Å². The highest BCUT2D eigenvalue weighted by Crippen LogP contribution is 2.39. The van der Waals surface area contributed by atoms with Gasteiger partial charge in [-0.25, -0.2) is 0 Å². The first-order valence-corrected chi connectivity index (χ1v) is 11.2. The highest BCUT2D eigenvalue weighted by Gasteiger charge is 2.44. The van der Waals surface area contributed by atoms with Crippen LogP contribution in [0, 0.1) is 0 Å². The van der Waals surface area contributed by atoms with Gasteiger partial charge in [0.2, 0.25) is 6.41 Å². The average molecular weight is 459 g/mol. The minimum absolute atomic E-state index is 0. The molecule has 176 valence electrons. The Morgan fingerprint density at radius 3 is 1.62 bits per heavy atom. The van der Waals surface area contributed by atoms with Gasteiger partial charge in [0.15, 0.2) is 0 Å². The van der Waals surface area contributed by atoms with Gasteiger partial charge in [-0.2, -0.15) is 0 Å². The Morgan fingerprint density at radius 1 is 0.844 bits per heavy atom. The van der Waals surface area contributed by atoms with Crippen molar-refractivity contribution in [3.05, 3.63) is 70.8 Å². The van der Waals surface area contributed by atoms with E-state index < -0.39 is 5.54 Å². The second kappa shape index (κ2) is 11.3. The Labute approximate surface area is 200 Å². The Balaban J connectivity index is 0.00000363. The maximum atomic E-state index is 12.3. The molecule has 32 heavy (non-hydrogen) atoms. The molecule has 2 aromatic rings. The fourth-order valence-electron chi connectivity index (χ4n) is 4.66. The summed E-state index contributed by atoms with van der Waals surface area (Å²) in [5.41, 5.74) is 4.41. The zero-order valence-corrected chi connectivity index (χ0v) is 21.2. The van der Waals surface area contributed by atoms with E-state index in [2.05, 4.69) is 105 Å². The molecule has 1 aliphatic rings. The van der Waals surface area contributed by atoms with Gasteiger partial charge in [-0.1, -0.05) is 48.5 Å². The van der Waals surface area contributed by atoms with Crippen molar-refractivity contribution in [1.29, 1.82) is 0 Å². The molecule has 1 heterocycles. The number of hydrogen-bond acceptors (Lipinski definition) is 4. The number of piperazine rings is 1. The maximum Gasteiger partial charge on any atom is 0.210 e. The van der Waals surface area contributed by atoms with Crippen LogP contribution in [-0.2, 0) is 23.4 Å². The minimum Gasteiger partial charge on any atom is -0.329 e. The number of hydrogen-bond donors (Lipinski definition) is 0. The molecule has 0 atom stereocenters. The molecule has 5 nitrogen and oxygen atoms in total. The summed E-state index contributed by atoms with van der Waals surface area (Å²) in [4.78, 5) is 21.2. The van der Waals surface area contributed by atoms with Crippen molar-refractivity contribution in [2.75, 3.05) is 47.8 Å². The third kappa shape index (κ3) is 5.70. The molecule has 0 aromatic heterocycles. The fourth-order valence-corrected chi connectivity index (χ4v) is 4.66. The summed E-state index contributed by atoms with van der Waals surface area (Å²) in [5.74, 6) is 0. The Morgan fingerprint density at radius 2 is 1.28 bits per heavy atom. The average Bonchev–Trinajstić information content (AvgIpc) is 2.73. The largest absolute Gasteiger partial charge is 0.329 e. The van der Waals surface area contributed by atoms with Crippen LogP contribution in [0.15, 0.2) is 48.5 Å². The van der Waals surface area contributed by atoms with Crippen LogP contribution in [0.3, 0.4) is 0 Å². The van der Waals surface area contributed by atoms with Gasteiger partial charge in [-0.05, 0) is 64.3 Å². The lowest BCUT2D eigenvalue weighted by molar-refractivity contribution is -0.127. The summed E-state index contributed by atoms with van der Waals surface area (Å²) in [5, 5.41) is 0. The number of amides is 1. The second-order valence-electron chi connectivity index (χ2n) is 9.59. The van der Waals surface area contributed by atoms with Crippen LogP contribution in [0.1, 0.15) is 36.1 Å². The monoisotopic (exact) mass is 458 g/mol. The van der Waals surface area contributed by atoms with E-state index in [-0.39, 0.29) is 12.4 Å². The van der Waals surface area contributed by atoms with Crippen LogP contribution in [0.25, 0.3) is 0 Å². The number of carbonyl (C=O) groups excluding carboxylic acids is 1. The summed E-state index contributed by atoms with van der Waals surface area (Å²) < 4.78 is 0. The van der Waals surface area contributed by atoms with Crippen molar-refractivity contribution in [2.24, 2.45) is 0 Å². The molecular weight excluding hydrogens is 420 g/mol. The fraction of sp³-hybridized carbons (Fsp3) is 0.500. The molecule has 1 fully saturated rings. The lowest BCUT2D eigenvalue weighted by atomic mass is 9.78. The first-order valence-electron chi connectivity index (χ1n) is 11.2. The predicted molar refractivity (Wildman–Crippen MR) is 135 cm³/mol. The zero-order valence-electron chi connectivity index (χ0n) is 20.4. The summed E-state index contributed by atoms with van der Waals surface area (Å²) >= 11 is 0. The lowest BCUT2D eigenvalue weighted by Crippen LogP contribution is -2.61. The summed E-state index contributed by atoms with van der Waals surface area (Å²) in [7, 11) is 8.34. The van der Waals surface area contributed by atoms with Crippen LogP contribution < -0.4 is 0 Å². The third-order valence-electron chi connectivity index (χ3n) is 6.27. The molecule has 0 N–H and O–H groups in total. The van der Waals surface area contributed by atoms with E-state index in [0.717, 1.165) is 39.1 Å². The molecule has 0 saturated carbocycles. The summed E-state index contributed by atoms with van der Waals surface area (Å²) in [6, 6.07) is 18.1. The van der Waals surface area contributed by atoms with E-state index in [9.17, 15) is 4.79 Å². The van der Waals surface area contributed by atoms with E-state index in [4.69, 9.17) is 0 Å². The minimum atomic E-state index is -0.489. The summed E-state index contributed by atoms with van der Waals surface area (Å²) in [6.45, 7) is 8.70. The summed E-state index contributed by atoms with van der Waals surface area (Å²) in [6.07, 6.45) is 1.04. The first-order chi connectivity index (χ1) is 14.8. The van der Waals surface area contributed by atoms with Gasteiger partial charge in [-0.3, -0.25) is 9.69 Å². The number of halogens is 1. The maximum absolute atomic E-state index is 12.3. The van der Waals surface area contributed by atoms with E-state index in [1.54, 1.807) is 0 Å². The molecule has 0 radical (unpaired) electrons. The molecule has 0 aliphatic carbocycles. The predicted octanol–water partition coefficient (Wildman–Crippen LogP) is 3.66. The number of benzene rings is 2. The number of nitrogens with zero attached hydrogens (tertiary/aromatic N) is 4. The van der Waals surface area contributed by atoms with Crippen molar-refractivity contribution in [3.63, 3.8) is 0 Å². The van der Waals surface area contributed by atoms with Gasteiger partial charge >= 0.3 is 0 Å². The van der Waals surface area contributed by atoms with Crippen LogP contribution in [-0.4, -0.2) is 79.9 Å². The van der Waals surface area contributed by atoms with Crippen LogP contribution in [0.4, 0.5) is 0 Å². The zero-order chi connectivity index (χ0) is 22.6. The Kier molecular flexibility index (Phi) is 9.28. The van der Waals surface area contributed by atoms with Crippen LogP contribution in [0.5, 0.6) is 0 Å². The lowest BCUT2D eigenvalue weighted by Gasteiger charge is -2.51. The molecule has 3 rings (SSSR count). The highest BCUT2D eigenvalue weighted by molar-refractivity contribution is 5.85. The molecule has 2 aromatic carbocycles. The van der Waals surface area contributed by atoms with Gasteiger partial charge in [0.25, 0.3) is 0 Å². The second-order valence-corrected chi connectivity index (χ2v) is 9.59.